The first-order chi connectivity index (χ1) is 18.1. The summed E-state index contributed by atoms with van der Waals surface area (Å²) >= 11 is 2.03. The van der Waals surface area contributed by atoms with Gasteiger partial charge in [0.15, 0.2) is 5.82 Å². The number of nitrogens with zero attached hydrogens (tertiary/aromatic N) is 4. The highest BCUT2D eigenvalue weighted by Crippen LogP contribution is 2.34. The summed E-state index contributed by atoms with van der Waals surface area (Å²) in [5, 5.41) is 24.6. The van der Waals surface area contributed by atoms with Crippen LogP contribution in [0.4, 0.5) is 34.2 Å². The van der Waals surface area contributed by atoms with Crippen LogP contribution in [0.25, 0.3) is 11.4 Å². The lowest BCUT2D eigenvalue weighted by Crippen LogP contribution is -2.14. The molecule has 0 spiro atoms. The quantitative estimate of drug-likeness (QED) is 0.130. The molecule has 2 aromatic carbocycles. The minimum atomic E-state index is -4.87. The third kappa shape index (κ3) is 7.00. The maximum Gasteiger partial charge on any atom is 0.419 e. The lowest BCUT2D eigenvalue weighted by Gasteiger charge is -2.09. The molecule has 0 aliphatic rings. The monoisotopic (exact) mass is 566 g/mol. The molecular weight excluding hydrogens is 548 g/mol. The van der Waals surface area contributed by atoms with Gasteiger partial charge in [0.1, 0.15) is 23.0 Å². The predicted molar refractivity (Wildman–Crippen MR) is 134 cm³/mol. The van der Waals surface area contributed by atoms with E-state index in [1.54, 1.807) is 30.3 Å². The van der Waals surface area contributed by atoms with E-state index < -0.39 is 29.6 Å². The molecule has 1 amide bonds. The van der Waals surface area contributed by atoms with Crippen LogP contribution in [-0.2, 0) is 6.18 Å². The second-order valence-corrected chi connectivity index (χ2v) is 9.45. The summed E-state index contributed by atoms with van der Waals surface area (Å²) in [6.45, 7) is -0.347. The number of hydrogen-bond acceptors (Lipinski definition) is 10. The Bertz CT molecular complexity index is 1420. The number of nitrogens with one attached hydrogen (secondary N) is 2. The third-order valence-corrected chi connectivity index (χ3v) is 6.57. The van der Waals surface area contributed by atoms with Crippen LogP contribution in [0.2, 0.25) is 0 Å². The van der Waals surface area contributed by atoms with Crippen molar-refractivity contribution < 1.29 is 32.6 Å². The van der Waals surface area contributed by atoms with Crippen LogP contribution < -0.4 is 10.6 Å². The van der Waals surface area contributed by atoms with Gasteiger partial charge in [0.2, 0.25) is 5.13 Å². The van der Waals surface area contributed by atoms with Crippen molar-refractivity contribution in [3.8, 4) is 11.4 Å². The van der Waals surface area contributed by atoms with E-state index in [1.807, 2.05) is 0 Å². The van der Waals surface area contributed by atoms with Gasteiger partial charge < -0.3 is 15.5 Å². The molecular formula is C23H18F4N6O3S2. The van der Waals surface area contributed by atoms with Crippen LogP contribution in [0, 0.1) is 5.82 Å². The molecule has 4 aromatic rings. The molecule has 0 radical (unpaired) electrons. The van der Waals surface area contributed by atoms with E-state index in [2.05, 4.69) is 30.0 Å². The minimum Gasteiger partial charge on any atom is -0.394 e. The first-order valence-corrected chi connectivity index (χ1v) is 12.5. The highest BCUT2D eigenvalue weighted by atomic mass is 32.2. The maximum atomic E-state index is 13.5. The molecule has 2 aromatic heterocycles. The second kappa shape index (κ2) is 11.8. The Morgan fingerprint density at radius 2 is 1.87 bits per heavy atom. The van der Waals surface area contributed by atoms with Gasteiger partial charge >= 0.3 is 6.18 Å². The number of aromatic nitrogens is 4. The van der Waals surface area contributed by atoms with Crippen LogP contribution in [0.5, 0.6) is 0 Å². The number of anilines is 3. The largest absolute Gasteiger partial charge is 0.419 e. The van der Waals surface area contributed by atoms with E-state index in [0.717, 1.165) is 17.6 Å². The van der Waals surface area contributed by atoms with Crippen LogP contribution in [0.1, 0.15) is 15.9 Å². The number of rotatable bonds is 9. The number of aliphatic hydroxyl groups excluding tert-OH is 2. The third-order valence-electron chi connectivity index (χ3n) is 4.87. The Kier molecular flexibility index (Phi) is 8.51. The molecule has 0 aliphatic heterocycles. The number of aliphatic hydroxyl groups is 2. The van der Waals surface area contributed by atoms with E-state index >= 15 is 0 Å². The molecule has 0 fully saturated rings. The fraction of sp³-hybridized carbons (Fsp3) is 0.174. The molecule has 0 aliphatic carbocycles. The molecule has 198 valence electrons. The summed E-state index contributed by atoms with van der Waals surface area (Å²) in [6, 6.07) is 10.5. The number of carbonyl (C=O) groups excluding carboxylic acids is 1. The summed E-state index contributed by atoms with van der Waals surface area (Å²) in [7, 11) is 0. The smallest absolute Gasteiger partial charge is 0.394 e. The Balaban J connectivity index is 1.38. The fourth-order valence-corrected chi connectivity index (χ4v) is 4.39. The van der Waals surface area contributed by atoms with Gasteiger partial charge in [0, 0.05) is 40.2 Å². The van der Waals surface area contributed by atoms with Crippen LogP contribution in [0.15, 0.2) is 59.9 Å². The highest BCUT2D eigenvalue weighted by Gasteiger charge is 2.34. The molecule has 0 saturated heterocycles. The predicted octanol–water partition coefficient (Wildman–Crippen LogP) is 4.59. The first kappa shape index (κ1) is 27.4. The van der Waals surface area contributed by atoms with E-state index in [1.165, 1.54) is 18.1 Å². The molecule has 1 unspecified atom stereocenters. The van der Waals surface area contributed by atoms with Gasteiger partial charge in [-0.15, -0.1) is 11.8 Å². The van der Waals surface area contributed by atoms with Crippen molar-refractivity contribution in [1.82, 2.24) is 19.3 Å². The molecule has 38 heavy (non-hydrogen) atoms. The average Bonchev–Trinajstić information content (AvgIpc) is 3.36. The fourth-order valence-electron chi connectivity index (χ4n) is 3.02. The SMILES string of the molecule is O=C(Nc1nc(-c2ccc(F)c(C(F)(F)F)c2)ns1)c1ccc(Nc2cc(SCC(O)CO)ncn2)cc1. The van der Waals surface area contributed by atoms with Crippen LogP contribution in [0.3, 0.4) is 0 Å². The lowest BCUT2D eigenvalue weighted by atomic mass is 10.1. The lowest BCUT2D eigenvalue weighted by molar-refractivity contribution is -0.139. The van der Waals surface area contributed by atoms with Crippen LogP contribution in [-0.4, -0.2) is 53.9 Å². The average molecular weight is 567 g/mol. The maximum absolute atomic E-state index is 13.5. The van der Waals surface area contributed by atoms with Crippen molar-refractivity contribution in [3.63, 3.8) is 0 Å². The summed E-state index contributed by atoms with van der Waals surface area (Å²) < 4.78 is 56.5. The zero-order valence-corrected chi connectivity index (χ0v) is 20.7. The van der Waals surface area contributed by atoms with Crippen molar-refractivity contribution in [2.45, 2.75) is 17.3 Å². The van der Waals surface area contributed by atoms with Gasteiger partial charge in [0.25, 0.3) is 5.91 Å². The Morgan fingerprint density at radius 3 is 2.58 bits per heavy atom. The zero-order valence-electron chi connectivity index (χ0n) is 19.1. The molecule has 0 bridgehead atoms. The van der Waals surface area contributed by atoms with Crippen molar-refractivity contribution in [1.29, 1.82) is 0 Å². The standard InChI is InChI=1S/C23H18F4N6O3S2/c24-17-6-3-13(7-16(17)23(25,26)27)20-31-22(38-33-20)32-21(36)12-1-4-14(5-2-12)30-18-8-19(29-11-28-18)37-10-15(35)9-34/h1-8,11,15,34-35H,9-10H2,(H,28,29,30)(H,31,32,33,36). The van der Waals surface area contributed by atoms with Crippen molar-refractivity contribution >= 4 is 45.8 Å². The molecule has 9 nitrogen and oxygen atoms in total. The number of hydrogen-bond donors (Lipinski definition) is 4. The number of halogens is 4. The number of benzene rings is 2. The van der Waals surface area contributed by atoms with Gasteiger partial charge in [-0.1, -0.05) is 0 Å². The number of thioether (sulfide) groups is 1. The number of alkyl halides is 3. The molecule has 2 heterocycles. The number of amides is 1. The number of carbonyl (C=O) groups is 1. The summed E-state index contributed by atoms with van der Waals surface area (Å²) in [6.07, 6.45) is -4.38. The van der Waals surface area contributed by atoms with Crippen molar-refractivity contribution in [2.24, 2.45) is 0 Å². The normalized spacial score (nSPS) is 12.3. The molecule has 0 saturated carbocycles. The van der Waals surface area contributed by atoms with E-state index in [9.17, 15) is 27.5 Å². The first-order valence-electron chi connectivity index (χ1n) is 10.8. The van der Waals surface area contributed by atoms with Crippen molar-refractivity contribution in [2.75, 3.05) is 23.0 Å². The van der Waals surface area contributed by atoms with Gasteiger partial charge in [-0.25, -0.2) is 14.4 Å². The van der Waals surface area contributed by atoms with Crippen LogP contribution >= 0.6 is 23.3 Å². The summed E-state index contributed by atoms with van der Waals surface area (Å²) in [5.74, 6) is -1.25. The Morgan fingerprint density at radius 1 is 1.11 bits per heavy atom. The molecule has 4 rings (SSSR count). The van der Waals surface area contributed by atoms with E-state index in [0.29, 0.717) is 28.7 Å². The second-order valence-electron chi connectivity index (χ2n) is 7.66. The topological polar surface area (TPSA) is 133 Å². The van der Waals surface area contributed by atoms with E-state index in [-0.39, 0.29) is 34.4 Å². The van der Waals surface area contributed by atoms with Crippen molar-refractivity contribution in [3.05, 3.63) is 71.8 Å². The van der Waals surface area contributed by atoms with Gasteiger partial charge in [0.05, 0.1) is 18.3 Å². The Hall–Kier alpha value is -3.66. The summed E-state index contributed by atoms with van der Waals surface area (Å²) in [4.78, 5) is 24.9. The Labute approximate surface area is 221 Å². The summed E-state index contributed by atoms with van der Waals surface area (Å²) in [5.41, 5.74) is -0.560. The van der Waals surface area contributed by atoms with Gasteiger partial charge in [-0.2, -0.15) is 22.5 Å². The zero-order chi connectivity index (χ0) is 27.3. The molecule has 4 N–H and O–H groups in total. The minimum absolute atomic E-state index is 0.0400. The van der Waals surface area contributed by atoms with Gasteiger partial charge in [-0.05, 0) is 42.5 Å². The molecule has 1 atom stereocenters. The van der Waals surface area contributed by atoms with E-state index in [4.69, 9.17) is 5.11 Å². The molecule has 15 heteroatoms. The van der Waals surface area contributed by atoms with Gasteiger partial charge in [-0.3, -0.25) is 10.1 Å². The highest BCUT2D eigenvalue weighted by molar-refractivity contribution is 7.99.